The zero-order chi connectivity index (χ0) is 27.9. The van der Waals surface area contributed by atoms with Crippen molar-refractivity contribution < 1.29 is 5.48 Å². The summed E-state index contributed by atoms with van der Waals surface area (Å²) >= 11 is 0. The molecule has 2 N–H and O–H groups in total. The Bertz CT molecular complexity index is 1360. The van der Waals surface area contributed by atoms with Crippen LogP contribution in [0.15, 0.2) is 108 Å². The molecule has 0 amide bonds. The molecule has 41 heavy (non-hydrogen) atoms. The van der Waals surface area contributed by atoms with Crippen LogP contribution in [0, 0.1) is 0 Å². The molecule has 2 unspecified atom stereocenters. The Morgan fingerprint density at radius 1 is 0.585 bits per heavy atom. The topological polar surface area (TPSA) is 88.5 Å². The molecule has 4 aromatic rings. The minimum atomic E-state index is 0. The fourth-order valence-corrected chi connectivity index (χ4v) is 5.58. The van der Waals surface area contributed by atoms with Gasteiger partial charge in [-0.3, -0.25) is 9.97 Å². The maximum atomic E-state index is 4.84. The van der Waals surface area contributed by atoms with E-state index in [2.05, 4.69) is 121 Å². The molecule has 212 valence electrons. The first-order chi connectivity index (χ1) is 19.6. The van der Waals surface area contributed by atoms with Crippen molar-refractivity contribution in [3.05, 3.63) is 120 Å². The quantitative estimate of drug-likeness (QED) is 0.285. The van der Waals surface area contributed by atoms with Crippen molar-refractivity contribution in [2.24, 2.45) is 9.98 Å². The predicted molar refractivity (Wildman–Crippen MR) is 168 cm³/mol. The van der Waals surface area contributed by atoms with E-state index in [0.29, 0.717) is 12.1 Å². The lowest BCUT2D eigenvalue weighted by atomic mass is 9.98. The van der Waals surface area contributed by atoms with Crippen LogP contribution in [0.3, 0.4) is 0 Å². The molecule has 0 aliphatic carbocycles. The van der Waals surface area contributed by atoms with Crippen LogP contribution < -0.4 is 0 Å². The number of benzene rings is 2. The second-order valence-electron chi connectivity index (χ2n) is 10.2. The lowest BCUT2D eigenvalue weighted by Crippen LogP contribution is -2.30. The molecule has 4 heterocycles. The van der Waals surface area contributed by atoms with Gasteiger partial charge < -0.3 is 15.3 Å². The van der Waals surface area contributed by atoms with Crippen molar-refractivity contribution in [3.63, 3.8) is 0 Å². The lowest BCUT2D eigenvalue weighted by molar-refractivity contribution is 0.370. The smallest absolute Gasteiger partial charge is 0.105 e. The Hall–Kier alpha value is -4.36. The fourth-order valence-electron chi connectivity index (χ4n) is 5.58. The van der Waals surface area contributed by atoms with Gasteiger partial charge >= 0.3 is 0 Å². The van der Waals surface area contributed by atoms with Gasteiger partial charge in [-0.25, -0.2) is 9.98 Å². The number of rotatable bonds is 4. The SMILES string of the molecule is CCC1=Nc2ccccc2CC(c2ccncc2)N1C.CCC1=Nc2ccccc2CC(c2ccncc2)N1C.O. The number of para-hydroxylation sites is 2. The van der Waals surface area contributed by atoms with Gasteiger partial charge in [0.2, 0.25) is 0 Å². The summed E-state index contributed by atoms with van der Waals surface area (Å²) in [6.45, 7) is 4.32. The Labute approximate surface area is 243 Å². The van der Waals surface area contributed by atoms with Crippen LogP contribution in [0.2, 0.25) is 0 Å². The molecule has 2 aliphatic heterocycles. The number of pyridine rings is 2. The van der Waals surface area contributed by atoms with Gasteiger partial charge in [0, 0.05) is 51.7 Å². The zero-order valence-corrected chi connectivity index (χ0v) is 24.4. The van der Waals surface area contributed by atoms with Gasteiger partial charge in [-0.05, 0) is 71.5 Å². The van der Waals surface area contributed by atoms with Crippen LogP contribution in [0.5, 0.6) is 0 Å². The van der Waals surface area contributed by atoms with E-state index in [1.54, 1.807) is 0 Å². The van der Waals surface area contributed by atoms with Crippen LogP contribution in [-0.2, 0) is 12.8 Å². The van der Waals surface area contributed by atoms with Crippen LogP contribution >= 0.6 is 0 Å². The average molecular weight is 549 g/mol. The Morgan fingerprint density at radius 2 is 0.951 bits per heavy atom. The number of nitrogens with zero attached hydrogens (tertiary/aromatic N) is 6. The van der Waals surface area contributed by atoms with Gasteiger partial charge in [-0.15, -0.1) is 0 Å². The molecule has 0 saturated carbocycles. The summed E-state index contributed by atoms with van der Waals surface area (Å²) in [5, 5.41) is 0. The summed E-state index contributed by atoms with van der Waals surface area (Å²) in [5.41, 5.74) is 7.41. The van der Waals surface area contributed by atoms with Gasteiger partial charge in [-0.2, -0.15) is 0 Å². The largest absolute Gasteiger partial charge is 0.412 e. The van der Waals surface area contributed by atoms with Crippen LogP contribution in [-0.4, -0.2) is 51.0 Å². The third kappa shape index (κ3) is 6.69. The van der Waals surface area contributed by atoms with Gasteiger partial charge in [-0.1, -0.05) is 50.2 Å². The van der Waals surface area contributed by atoms with Crippen molar-refractivity contribution in [1.29, 1.82) is 0 Å². The van der Waals surface area contributed by atoms with Crippen LogP contribution in [0.4, 0.5) is 11.4 Å². The number of fused-ring (bicyclic) bond motifs is 2. The van der Waals surface area contributed by atoms with Crippen LogP contribution in [0.25, 0.3) is 0 Å². The van der Waals surface area contributed by atoms with E-state index >= 15 is 0 Å². The molecular formula is C34H40N6O. The van der Waals surface area contributed by atoms with Crippen molar-refractivity contribution in [2.75, 3.05) is 14.1 Å². The van der Waals surface area contributed by atoms with Gasteiger partial charge in [0.25, 0.3) is 0 Å². The maximum absolute atomic E-state index is 4.84. The number of hydrogen-bond acceptors (Lipinski definition) is 6. The molecule has 0 saturated heterocycles. The standard InChI is InChI=1S/2C17H19N3.H2O/c2*1-3-17-19-15-7-5-4-6-14(15)12-16(20(17)2)13-8-10-18-11-9-13;/h2*4-11,16H,3,12H2,1-2H3;1H2. The number of aliphatic imine (C=N–C) groups is 2. The highest BCUT2D eigenvalue weighted by Gasteiger charge is 2.25. The summed E-state index contributed by atoms with van der Waals surface area (Å²) in [7, 11) is 4.28. The van der Waals surface area contributed by atoms with Crippen molar-refractivity contribution >= 4 is 23.0 Å². The second kappa shape index (κ2) is 13.8. The molecule has 0 radical (unpaired) electrons. The molecule has 6 rings (SSSR count). The second-order valence-corrected chi connectivity index (χ2v) is 10.2. The third-order valence-corrected chi connectivity index (χ3v) is 7.87. The summed E-state index contributed by atoms with van der Waals surface area (Å²) in [4.78, 5) is 22.5. The molecule has 7 heteroatoms. The van der Waals surface area contributed by atoms with Crippen molar-refractivity contribution in [1.82, 2.24) is 19.8 Å². The number of aromatic nitrogens is 2. The molecule has 2 aromatic carbocycles. The van der Waals surface area contributed by atoms with Gasteiger partial charge in [0.15, 0.2) is 0 Å². The van der Waals surface area contributed by atoms with E-state index in [-0.39, 0.29) is 5.48 Å². The van der Waals surface area contributed by atoms with E-state index in [1.165, 1.54) is 22.3 Å². The van der Waals surface area contributed by atoms with Crippen LogP contribution in [0.1, 0.15) is 61.0 Å². The molecule has 0 bridgehead atoms. The van der Waals surface area contributed by atoms with E-state index in [1.807, 2.05) is 24.8 Å². The fraction of sp³-hybridized carbons (Fsp3) is 0.294. The maximum Gasteiger partial charge on any atom is 0.105 e. The Kier molecular flexibility index (Phi) is 9.98. The Balaban J connectivity index is 0.000000184. The average Bonchev–Trinajstić information content (AvgIpc) is 3.25. The predicted octanol–water partition coefficient (Wildman–Crippen LogP) is 6.68. The molecule has 0 fully saturated rings. The van der Waals surface area contributed by atoms with E-state index in [4.69, 9.17) is 9.98 Å². The lowest BCUT2D eigenvalue weighted by Gasteiger charge is -2.29. The summed E-state index contributed by atoms with van der Waals surface area (Å²) in [6.07, 6.45) is 11.3. The van der Waals surface area contributed by atoms with E-state index < -0.39 is 0 Å². The summed E-state index contributed by atoms with van der Waals surface area (Å²) in [6, 6.07) is 25.9. The molecule has 2 atom stereocenters. The first kappa shape index (κ1) is 29.6. The first-order valence-electron chi connectivity index (χ1n) is 14.2. The minimum Gasteiger partial charge on any atom is -0.412 e. The Morgan fingerprint density at radius 3 is 1.32 bits per heavy atom. The van der Waals surface area contributed by atoms with Crippen molar-refractivity contribution in [2.45, 2.75) is 51.6 Å². The normalized spacial score (nSPS) is 17.8. The molecular weight excluding hydrogens is 508 g/mol. The number of amidine groups is 2. The number of likely N-dealkylation sites (N-methyl/N-ethyl adjacent to an activating group) is 2. The highest BCUT2D eigenvalue weighted by atomic mass is 16.0. The molecule has 7 nitrogen and oxygen atoms in total. The monoisotopic (exact) mass is 548 g/mol. The highest BCUT2D eigenvalue weighted by Crippen LogP contribution is 2.34. The number of hydrogen-bond donors (Lipinski definition) is 0. The molecule has 2 aromatic heterocycles. The van der Waals surface area contributed by atoms with Gasteiger partial charge in [0.1, 0.15) is 11.7 Å². The third-order valence-electron chi connectivity index (χ3n) is 7.87. The molecule has 2 aliphatic rings. The van der Waals surface area contributed by atoms with E-state index in [9.17, 15) is 0 Å². The minimum absolute atomic E-state index is 0. The highest BCUT2D eigenvalue weighted by molar-refractivity contribution is 5.86. The van der Waals surface area contributed by atoms with Crippen molar-refractivity contribution in [3.8, 4) is 0 Å². The molecule has 0 spiro atoms. The first-order valence-corrected chi connectivity index (χ1v) is 14.2. The zero-order valence-electron chi connectivity index (χ0n) is 24.4. The summed E-state index contributed by atoms with van der Waals surface area (Å²) in [5.74, 6) is 2.27. The summed E-state index contributed by atoms with van der Waals surface area (Å²) < 4.78 is 0. The van der Waals surface area contributed by atoms with Gasteiger partial charge in [0.05, 0.1) is 23.5 Å². The van der Waals surface area contributed by atoms with E-state index in [0.717, 1.165) is 48.7 Å².